The molecule has 1 aliphatic heterocycles. The lowest BCUT2D eigenvalue weighted by molar-refractivity contribution is -0.118. The van der Waals surface area contributed by atoms with Crippen molar-refractivity contribution in [2.24, 2.45) is 0 Å². The van der Waals surface area contributed by atoms with Gasteiger partial charge in [-0.15, -0.1) is 0 Å². The number of rotatable bonds is 2. The lowest BCUT2D eigenvalue weighted by Gasteiger charge is -2.18. The Labute approximate surface area is 137 Å². The van der Waals surface area contributed by atoms with Crippen LogP contribution >= 0.6 is 0 Å². The predicted octanol–water partition coefficient (Wildman–Crippen LogP) is 2.23. The van der Waals surface area contributed by atoms with Crippen molar-refractivity contribution in [2.75, 3.05) is 17.2 Å². The summed E-state index contributed by atoms with van der Waals surface area (Å²) in [4.78, 5) is 28.1. The number of benzene rings is 1. The van der Waals surface area contributed by atoms with Gasteiger partial charge in [0, 0.05) is 18.1 Å². The average Bonchev–Trinajstić information content (AvgIpc) is 2.97. The van der Waals surface area contributed by atoms with E-state index in [9.17, 15) is 9.59 Å². The van der Waals surface area contributed by atoms with Crippen molar-refractivity contribution >= 4 is 28.8 Å². The smallest absolute Gasteiger partial charge is 0.275 e. The number of pyridine rings is 1. The van der Waals surface area contributed by atoms with Crippen molar-refractivity contribution in [3.63, 3.8) is 0 Å². The van der Waals surface area contributed by atoms with E-state index in [4.69, 9.17) is 4.74 Å². The van der Waals surface area contributed by atoms with E-state index in [1.165, 1.54) is 0 Å². The molecule has 4 rings (SSSR count). The van der Waals surface area contributed by atoms with Gasteiger partial charge in [0.05, 0.1) is 5.69 Å². The summed E-state index contributed by atoms with van der Waals surface area (Å²) in [5.41, 5.74) is 3.20. The van der Waals surface area contributed by atoms with Crippen LogP contribution in [0.25, 0.3) is 5.65 Å². The summed E-state index contributed by atoms with van der Waals surface area (Å²) in [5, 5.41) is 5.48. The molecule has 0 spiro atoms. The van der Waals surface area contributed by atoms with Crippen LogP contribution in [0, 0.1) is 6.92 Å². The maximum absolute atomic E-state index is 12.4. The molecule has 3 aromatic rings. The van der Waals surface area contributed by atoms with Crippen LogP contribution in [0.1, 0.15) is 16.1 Å². The number of imidazole rings is 1. The van der Waals surface area contributed by atoms with Crippen LogP contribution in [0.2, 0.25) is 0 Å². The Kier molecular flexibility index (Phi) is 3.19. The monoisotopic (exact) mass is 322 g/mol. The van der Waals surface area contributed by atoms with E-state index in [-0.39, 0.29) is 18.4 Å². The molecule has 0 fully saturated rings. The molecular formula is C17H14N4O3. The fourth-order valence-electron chi connectivity index (χ4n) is 2.55. The molecular weight excluding hydrogens is 308 g/mol. The quantitative estimate of drug-likeness (QED) is 0.758. The minimum atomic E-state index is -0.320. The summed E-state index contributed by atoms with van der Waals surface area (Å²) in [6.07, 6.45) is 3.54. The number of aromatic nitrogens is 2. The number of anilines is 2. The first kappa shape index (κ1) is 14.3. The van der Waals surface area contributed by atoms with Crippen molar-refractivity contribution in [3.8, 4) is 5.75 Å². The van der Waals surface area contributed by atoms with Crippen LogP contribution in [-0.4, -0.2) is 27.8 Å². The highest BCUT2D eigenvalue weighted by molar-refractivity contribution is 6.04. The molecule has 0 bridgehead atoms. The Bertz CT molecular complexity index is 977. The molecule has 2 aromatic heterocycles. The Morgan fingerprint density at radius 3 is 3.08 bits per heavy atom. The topological polar surface area (TPSA) is 84.7 Å². The number of fused-ring (bicyclic) bond motifs is 2. The van der Waals surface area contributed by atoms with E-state index in [0.29, 0.717) is 28.5 Å². The molecule has 0 unspecified atom stereocenters. The van der Waals surface area contributed by atoms with Gasteiger partial charge in [0.15, 0.2) is 6.61 Å². The Balaban J connectivity index is 1.59. The third kappa shape index (κ3) is 2.56. The standard InChI is InChI=1S/C17H14N4O3/c1-10-4-5-21-8-13(19-15(21)6-10)17(23)18-11-2-3-14-12(7-11)20-16(22)9-24-14/h2-8H,9H2,1H3,(H,18,23)(H,20,22). The number of hydrogen-bond donors (Lipinski definition) is 2. The zero-order chi connectivity index (χ0) is 16.7. The van der Waals surface area contributed by atoms with Gasteiger partial charge in [0.1, 0.15) is 17.1 Å². The van der Waals surface area contributed by atoms with Crippen molar-refractivity contribution in [1.82, 2.24) is 9.38 Å². The molecule has 0 aliphatic carbocycles. The number of hydrogen-bond acceptors (Lipinski definition) is 4. The van der Waals surface area contributed by atoms with Crippen molar-refractivity contribution < 1.29 is 14.3 Å². The highest BCUT2D eigenvalue weighted by Crippen LogP contribution is 2.30. The van der Waals surface area contributed by atoms with Gasteiger partial charge in [-0.3, -0.25) is 9.59 Å². The summed E-state index contributed by atoms with van der Waals surface area (Å²) < 4.78 is 7.09. The molecule has 0 atom stereocenters. The summed E-state index contributed by atoms with van der Waals surface area (Å²) in [6, 6.07) is 8.93. The third-order valence-corrected chi connectivity index (χ3v) is 3.72. The van der Waals surface area contributed by atoms with Crippen LogP contribution in [0.15, 0.2) is 42.7 Å². The van der Waals surface area contributed by atoms with Crippen LogP contribution in [0.4, 0.5) is 11.4 Å². The third-order valence-electron chi connectivity index (χ3n) is 3.72. The summed E-state index contributed by atoms with van der Waals surface area (Å²) in [7, 11) is 0. The molecule has 0 saturated heterocycles. The number of aryl methyl sites for hydroxylation is 1. The first-order chi connectivity index (χ1) is 11.6. The first-order valence-corrected chi connectivity index (χ1v) is 7.42. The molecule has 1 aliphatic rings. The average molecular weight is 322 g/mol. The molecule has 1 aromatic carbocycles. The predicted molar refractivity (Wildman–Crippen MR) is 88.4 cm³/mol. The molecule has 3 heterocycles. The molecule has 2 amide bonds. The molecule has 0 saturated carbocycles. The second-order valence-corrected chi connectivity index (χ2v) is 5.60. The van der Waals surface area contributed by atoms with Gasteiger partial charge in [0.2, 0.25) is 0 Å². The maximum Gasteiger partial charge on any atom is 0.275 e. The van der Waals surface area contributed by atoms with Crippen molar-refractivity contribution in [2.45, 2.75) is 6.92 Å². The SMILES string of the molecule is Cc1ccn2cc(C(=O)Nc3ccc4c(c3)NC(=O)CO4)nc2c1. The van der Waals surface area contributed by atoms with Crippen LogP contribution in [-0.2, 0) is 4.79 Å². The molecule has 7 heteroatoms. The number of carbonyl (C=O) groups is 2. The van der Waals surface area contributed by atoms with Crippen LogP contribution in [0.5, 0.6) is 5.75 Å². The molecule has 0 radical (unpaired) electrons. The summed E-state index contributed by atoms with van der Waals surface area (Å²) in [6.45, 7) is 1.97. The number of nitrogens with zero attached hydrogens (tertiary/aromatic N) is 2. The van der Waals surface area contributed by atoms with Crippen molar-refractivity contribution in [3.05, 3.63) is 54.0 Å². The van der Waals surface area contributed by atoms with Gasteiger partial charge in [-0.2, -0.15) is 0 Å². The fraction of sp³-hybridized carbons (Fsp3) is 0.118. The highest BCUT2D eigenvalue weighted by atomic mass is 16.5. The van der Waals surface area contributed by atoms with Gasteiger partial charge in [-0.05, 0) is 42.8 Å². The second kappa shape index (κ2) is 5.38. The normalized spacial score (nSPS) is 13.1. The Hall–Kier alpha value is -3.35. The highest BCUT2D eigenvalue weighted by Gasteiger charge is 2.17. The van der Waals surface area contributed by atoms with E-state index >= 15 is 0 Å². The molecule has 2 N–H and O–H groups in total. The van der Waals surface area contributed by atoms with E-state index in [2.05, 4.69) is 15.6 Å². The number of carbonyl (C=O) groups excluding carboxylic acids is 2. The fourth-order valence-corrected chi connectivity index (χ4v) is 2.55. The van der Waals surface area contributed by atoms with Gasteiger partial charge >= 0.3 is 0 Å². The van der Waals surface area contributed by atoms with Gasteiger partial charge in [-0.25, -0.2) is 4.98 Å². The Morgan fingerprint density at radius 2 is 2.21 bits per heavy atom. The van der Waals surface area contributed by atoms with E-state index < -0.39 is 0 Å². The van der Waals surface area contributed by atoms with Crippen LogP contribution in [0.3, 0.4) is 0 Å². The maximum atomic E-state index is 12.4. The number of amides is 2. The summed E-state index contributed by atoms with van der Waals surface area (Å²) in [5.74, 6) is 0.0388. The number of nitrogens with one attached hydrogen (secondary N) is 2. The minimum absolute atomic E-state index is 0.000625. The second-order valence-electron chi connectivity index (χ2n) is 5.60. The van der Waals surface area contributed by atoms with Gasteiger partial charge < -0.3 is 19.8 Å². The van der Waals surface area contributed by atoms with E-state index in [1.54, 1.807) is 28.8 Å². The molecule has 120 valence electrons. The van der Waals surface area contributed by atoms with Gasteiger partial charge in [-0.1, -0.05) is 0 Å². The van der Waals surface area contributed by atoms with Gasteiger partial charge in [0.25, 0.3) is 11.8 Å². The van der Waals surface area contributed by atoms with E-state index in [0.717, 1.165) is 5.56 Å². The molecule has 24 heavy (non-hydrogen) atoms. The van der Waals surface area contributed by atoms with Crippen LogP contribution < -0.4 is 15.4 Å². The lowest BCUT2D eigenvalue weighted by Crippen LogP contribution is -2.25. The minimum Gasteiger partial charge on any atom is -0.482 e. The largest absolute Gasteiger partial charge is 0.482 e. The lowest BCUT2D eigenvalue weighted by atomic mass is 10.2. The van der Waals surface area contributed by atoms with E-state index in [1.807, 2.05) is 25.3 Å². The van der Waals surface area contributed by atoms with Crippen molar-refractivity contribution in [1.29, 1.82) is 0 Å². The summed E-state index contributed by atoms with van der Waals surface area (Å²) >= 11 is 0. The molecule has 7 nitrogen and oxygen atoms in total. The first-order valence-electron chi connectivity index (χ1n) is 7.42. The Morgan fingerprint density at radius 1 is 1.33 bits per heavy atom. The zero-order valence-corrected chi connectivity index (χ0v) is 12.9. The zero-order valence-electron chi connectivity index (χ0n) is 12.9. The number of ether oxygens (including phenoxy) is 1.